The molecule has 0 aliphatic heterocycles. The minimum Gasteiger partial charge on any atom is -0.465 e. The van der Waals surface area contributed by atoms with Crippen LogP contribution in [0, 0.1) is 6.92 Å². The first-order valence-electron chi connectivity index (χ1n) is 10.3. The van der Waals surface area contributed by atoms with E-state index in [1.807, 2.05) is 37.3 Å². The molecular weight excluding hydrogens is 470 g/mol. The van der Waals surface area contributed by atoms with Gasteiger partial charge in [-0.1, -0.05) is 29.5 Å². The predicted molar refractivity (Wildman–Crippen MR) is 136 cm³/mol. The first-order valence-corrected chi connectivity index (χ1v) is 12.1. The van der Waals surface area contributed by atoms with Gasteiger partial charge in [-0.2, -0.15) is 0 Å². The van der Waals surface area contributed by atoms with Crippen LogP contribution in [0.15, 0.2) is 71.1 Å². The van der Waals surface area contributed by atoms with E-state index in [1.165, 1.54) is 30.2 Å². The summed E-state index contributed by atoms with van der Waals surface area (Å²) in [4.78, 5) is 40.8. The average molecular weight is 492 g/mol. The van der Waals surface area contributed by atoms with E-state index in [-0.39, 0.29) is 17.6 Å². The zero-order valence-electron chi connectivity index (χ0n) is 18.5. The topological polar surface area (TPSA) is 97.4 Å². The number of aromatic nitrogens is 1. The second-order valence-corrected chi connectivity index (χ2v) is 9.64. The van der Waals surface area contributed by atoms with Gasteiger partial charge in [-0.25, -0.2) is 9.78 Å². The number of thiazole rings is 1. The van der Waals surface area contributed by atoms with Crippen molar-refractivity contribution in [2.24, 2.45) is 0 Å². The molecule has 1 aromatic heterocycles. The number of thioether (sulfide) groups is 1. The van der Waals surface area contributed by atoms with E-state index in [0.717, 1.165) is 20.1 Å². The van der Waals surface area contributed by atoms with E-state index >= 15 is 0 Å². The lowest BCUT2D eigenvalue weighted by Gasteiger charge is -2.05. The second kappa shape index (κ2) is 10.5. The fourth-order valence-corrected chi connectivity index (χ4v) is 4.99. The van der Waals surface area contributed by atoms with Crippen LogP contribution in [0.1, 0.15) is 26.3 Å². The molecule has 4 aromatic rings. The molecule has 0 aliphatic carbocycles. The predicted octanol–water partition coefficient (Wildman–Crippen LogP) is 5.37. The molecule has 0 bridgehead atoms. The highest BCUT2D eigenvalue weighted by Gasteiger charge is 2.11. The van der Waals surface area contributed by atoms with E-state index in [4.69, 9.17) is 0 Å². The minimum absolute atomic E-state index is 0.172. The lowest BCUT2D eigenvalue weighted by atomic mass is 10.1. The SMILES string of the molecule is COC(=O)c1ccc(NC(=O)CSc2nc3ccc(NC(=O)c4ccc(C)cc4)cc3s2)cc1. The Balaban J connectivity index is 1.34. The van der Waals surface area contributed by atoms with Gasteiger partial charge in [0.1, 0.15) is 0 Å². The molecule has 0 atom stereocenters. The zero-order chi connectivity index (χ0) is 24.1. The number of methoxy groups -OCH3 is 1. The van der Waals surface area contributed by atoms with Gasteiger partial charge in [-0.05, 0) is 61.5 Å². The van der Waals surface area contributed by atoms with Crippen molar-refractivity contribution < 1.29 is 19.1 Å². The van der Waals surface area contributed by atoms with Gasteiger partial charge in [0.2, 0.25) is 5.91 Å². The third kappa shape index (κ3) is 5.81. The lowest BCUT2D eigenvalue weighted by molar-refractivity contribution is -0.113. The molecule has 7 nitrogen and oxygen atoms in total. The van der Waals surface area contributed by atoms with Gasteiger partial charge in [0.25, 0.3) is 5.91 Å². The third-order valence-electron chi connectivity index (χ3n) is 4.86. The number of anilines is 2. The Hall–Kier alpha value is -3.69. The van der Waals surface area contributed by atoms with Crippen LogP contribution in [-0.4, -0.2) is 35.6 Å². The summed E-state index contributed by atoms with van der Waals surface area (Å²) in [6.45, 7) is 1.97. The number of carbonyl (C=O) groups is 3. The Morgan fingerprint density at radius 1 is 0.912 bits per heavy atom. The number of rotatable bonds is 7. The van der Waals surface area contributed by atoms with Gasteiger partial charge < -0.3 is 15.4 Å². The summed E-state index contributed by atoms with van der Waals surface area (Å²) < 4.78 is 6.34. The number of nitrogens with one attached hydrogen (secondary N) is 2. The molecule has 0 aliphatic rings. The standard InChI is InChI=1S/C25H21N3O4S2/c1-15-3-5-16(6-4-15)23(30)27-19-11-12-20-21(13-19)34-25(28-20)33-14-22(29)26-18-9-7-17(8-10-18)24(31)32-2/h3-13H,14H2,1-2H3,(H,26,29)(H,27,30). The zero-order valence-corrected chi connectivity index (χ0v) is 20.1. The number of benzene rings is 3. The molecule has 34 heavy (non-hydrogen) atoms. The highest BCUT2D eigenvalue weighted by molar-refractivity contribution is 8.01. The minimum atomic E-state index is -0.429. The molecule has 0 saturated heterocycles. The van der Waals surface area contributed by atoms with Crippen LogP contribution in [0.3, 0.4) is 0 Å². The van der Waals surface area contributed by atoms with Crippen LogP contribution in [0.25, 0.3) is 10.2 Å². The van der Waals surface area contributed by atoms with E-state index in [9.17, 15) is 14.4 Å². The number of hydrogen-bond donors (Lipinski definition) is 2. The molecule has 2 N–H and O–H groups in total. The van der Waals surface area contributed by atoms with E-state index < -0.39 is 5.97 Å². The molecule has 0 unspecified atom stereocenters. The Bertz CT molecular complexity index is 1350. The van der Waals surface area contributed by atoms with Crippen molar-refractivity contribution in [3.8, 4) is 0 Å². The molecule has 4 rings (SSSR count). The van der Waals surface area contributed by atoms with Crippen LogP contribution in [0.4, 0.5) is 11.4 Å². The Morgan fingerprint density at radius 2 is 1.59 bits per heavy atom. The van der Waals surface area contributed by atoms with Crippen molar-refractivity contribution in [2.75, 3.05) is 23.5 Å². The number of amides is 2. The van der Waals surface area contributed by atoms with Gasteiger partial charge in [0.15, 0.2) is 4.34 Å². The summed E-state index contributed by atoms with van der Waals surface area (Å²) in [6.07, 6.45) is 0. The Labute approximate surface area is 204 Å². The fourth-order valence-electron chi connectivity index (χ4n) is 3.08. The number of esters is 1. The van der Waals surface area contributed by atoms with Crippen molar-refractivity contribution in [1.82, 2.24) is 4.98 Å². The van der Waals surface area contributed by atoms with E-state index in [0.29, 0.717) is 22.5 Å². The van der Waals surface area contributed by atoms with E-state index in [1.54, 1.807) is 36.4 Å². The summed E-state index contributed by atoms with van der Waals surface area (Å²) in [5.74, 6) is -0.590. The summed E-state index contributed by atoms with van der Waals surface area (Å²) >= 11 is 2.80. The maximum atomic E-state index is 12.5. The van der Waals surface area contributed by atoms with Crippen molar-refractivity contribution in [3.63, 3.8) is 0 Å². The molecule has 2 amide bonds. The highest BCUT2D eigenvalue weighted by Crippen LogP contribution is 2.31. The highest BCUT2D eigenvalue weighted by atomic mass is 32.2. The average Bonchev–Trinajstić information content (AvgIpc) is 3.25. The van der Waals surface area contributed by atoms with Crippen LogP contribution in [0.5, 0.6) is 0 Å². The Kier molecular flexibility index (Phi) is 7.24. The molecule has 0 spiro atoms. The summed E-state index contributed by atoms with van der Waals surface area (Å²) in [5, 5.41) is 5.71. The fraction of sp³-hybridized carbons (Fsp3) is 0.120. The molecule has 0 radical (unpaired) electrons. The molecule has 0 saturated carbocycles. The Morgan fingerprint density at radius 3 is 2.29 bits per heavy atom. The van der Waals surface area contributed by atoms with Gasteiger partial charge in [-0.3, -0.25) is 9.59 Å². The molecule has 172 valence electrons. The van der Waals surface area contributed by atoms with Crippen LogP contribution in [0.2, 0.25) is 0 Å². The third-order valence-corrected chi connectivity index (χ3v) is 7.02. The normalized spacial score (nSPS) is 10.6. The largest absolute Gasteiger partial charge is 0.465 e. The van der Waals surface area contributed by atoms with E-state index in [2.05, 4.69) is 20.4 Å². The lowest BCUT2D eigenvalue weighted by Crippen LogP contribution is -2.14. The molecule has 3 aromatic carbocycles. The van der Waals surface area contributed by atoms with Crippen LogP contribution < -0.4 is 10.6 Å². The van der Waals surface area contributed by atoms with Crippen molar-refractivity contribution >= 4 is 62.5 Å². The molecule has 9 heteroatoms. The monoisotopic (exact) mass is 491 g/mol. The first-order chi connectivity index (χ1) is 16.4. The quantitative estimate of drug-likeness (QED) is 0.266. The summed E-state index contributed by atoms with van der Waals surface area (Å²) in [6, 6.07) is 19.4. The smallest absolute Gasteiger partial charge is 0.337 e. The number of hydrogen-bond acceptors (Lipinski definition) is 7. The number of carbonyl (C=O) groups excluding carboxylic acids is 3. The van der Waals surface area contributed by atoms with Crippen LogP contribution in [-0.2, 0) is 9.53 Å². The van der Waals surface area contributed by atoms with Crippen molar-refractivity contribution in [3.05, 3.63) is 83.4 Å². The molecule has 1 heterocycles. The number of aryl methyl sites for hydroxylation is 1. The maximum Gasteiger partial charge on any atom is 0.337 e. The van der Waals surface area contributed by atoms with Crippen LogP contribution >= 0.6 is 23.1 Å². The molecule has 0 fully saturated rings. The van der Waals surface area contributed by atoms with Crippen molar-refractivity contribution in [2.45, 2.75) is 11.3 Å². The summed E-state index contributed by atoms with van der Waals surface area (Å²) in [7, 11) is 1.32. The molecular formula is C25H21N3O4S2. The number of nitrogens with zero attached hydrogens (tertiary/aromatic N) is 1. The second-order valence-electron chi connectivity index (χ2n) is 7.39. The van der Waals surface area contributed by atoms with Gasteiger partial charge in [0, 0.05) is 16.9 Å². The van der Waals surface area contributed by atoms with Crippen molar-refractivity contribution in [1.29, 1.82) is 0 Å². The number of ether oxygens (including phenoxy) is 1. The number of fused-ring (bicyclic) bond motifs is 1. The maximum absolute atomic E-state index is 12.5. The van der Waals surface area contributed by atoms with Gasteiger partial charge in [-0.15, -0.1) is 11.3 Å². The first kappa shape index (κ1) is 23.5. The summed E-state index contributed by atoms with van der Waals surface area (Å²) in [5.41, 5.74) is 4.19. The van der Waals surface area contributed by atoms with Gasteiger partial charge >= 0.3 is 5.97 Å². The van der Waals surface area contributed by atoms with Gasteiger partial charge in [0.05, 0.1) is 28.6 Å².